The first-order valence-corrected chi connectivity index (χ1v) is 9.37. The van der Waals surface area contributed by atoms with Crippen molar-refractivity contribution in [1.82, 2.24) is 15.5 Å². The van der Waals surface area contributed by atoms with E-state index < -0.39 is 5.60 Å². The van der Waals surface area contributed by atoms with Crippen molar-refractivity contribution in [3.8, 4) is 0 Å². The Morgan fingerprint density at radius 1 is 1.17 bits per heavy atom. The maximum Gasteiger partial charge on any atom is 0.407 e. The number of alkyl carbamates (subject to hydrolysis) is 1. The zero-order valence-corrected chi connectivity index (χ0v) is 15.2. The summed E-state index contributed by atoms with van der Waals surface area (Å²) in [5.74, 6) is 0. The van der Waals surface area contributed by atoms with Crippen LogP contribution < -0.4 is 10.6 Å². The van der Waals surface area contributed by atoms with Crippen LogP contribution in [0.15, 0.2) is 0 Å². The molecule has 0 radical (unpaired) electrons. The van der Waals surface area contributed by atoms with Crippen LogP contribution in [0.2, 0.25) is 0 Å². The van der Waals surface area contributed by atoms with E-state index in [1.54, 1.807) is 0 Å². The molecule has 0 spiro atoms. The summed E-state index contributed by atoms with van der Waals surface area (Å²) in [6.45, 7) is 10.2. The average Bonchev–Trinajstić information content (AvgIpc) is 2.73. The maximum atomic E-state index is 11.8. The Kier molecular flexibility index (Phi) is 7.15. The molecule has 23 heavy (non-hydrogen) atoms. The Hall–Kier alpha value is -0.810. The largest absolute Gasteiger partial charge is 0.444 e. The van der Waals surface area contributed by atoms with Crippen LogP contribution in [0.25, 0.3) is 0 Å². The molecule has 0 saturated carbocycles. The van der Waals surface area contributed by atoms with Crippen molar-refractivity contribution >= 4 is 6.09 Å². The summed E-state index contributed by atoms with van der Waals surface area (Å²) in [6.07, 6.45) is 8.44. The van der Waals surface area contributed by atoms with Crippen molar-refractivity contribution in [2.75, 3.05) is 26.2 Å². The Labute approximate surface area is 141 Å². The maximum absolute atomic E-state index is 11.8. The average molecular weight is 325 g/mol. The molecule has 2 N–H and O–H groups in total. The Bertz CT molecular complexity index is 352. The van der Waals surface area contributed by atoms with Crippen LogP contribution in [0.5, 0.6) is 0 Å². The monoisotopic (exact) mass is 325 g/mol. The number of nitrogens with one attached hydrogen (secondary N) is 2. The van der Waals surface area contributed by atoms with Gasteiger partial charge in [-0.1, -0.05) is 12.8 Å². The third-order valence-electron chi connectivity index (χ3n) is 4.76. The fraction of sp³-hybridized carbons (Fsp3) is 0.944. The number of hydrogen-bond acceptors (Lipinski definition) is 4. The molecule has 2 rings (SSSR count). The van der Waals surface area contributed by atoms with Gasteiger partial charge in [-0.15, -0.1) is 0 Å². The Morgan fingerprint density at radius 2 is 1.91 bits per heavy atom. The van der Waals surface area contributed by atoms with Crippen LogP contribution in [0.4, 0.5) is 4.79 Å². The topological polar surface area (TPSA) is 53.6 Å². The van der Waals surface area contributed by atoms with E-state index in [4.69, 9.17) is 4.74 Å². The number of ether oxygens (including phenoxy) is 1. The van der Waals surface area contributed by atoms with Crippen molar-refractivity contribution in [3.05, 3.63) is 0 Å². The highest BCUT2D eigenvalue weighted by Crippen LogP contribution is 2.15. The fourth-order valence-corrected chi connectivity index (χ4v) is 3.46. The van der Waals surface area contributed by atoms with Gasteiger partial charge in [0.25, 0.3) is 0 Å². The smallest absolute Gasteiger partial charge is 0.407 e. The number of rotatable bonds is 4. The Morgan fingerprint density at radius 3 is 2.61 bits per heavy atom. The number of amides is 1. The molecule has 134 valence electrons. The van der Waals surface area contributed by atoms with E-state index in [2.05, 4.69) is 15.5 Å². The van der Waals surface area contributed by atoms with E-state index in [0.717, 1.165) is 25.9 Å². The molecule has 5 nitrogen and oxygen atoms in total. The van der Waals surface area contributed by atoms with Crippen molar-refractivity contribution in [1.29, 1.82) is 0 Å². The number of piperidine rings is 1. The molecular weight excluding hydrogens is 290 g/mol. The molecular formula is C18H35N3O2. The number of carbonyl (C=O) groups excluding carboxylic acids is 1. The number of nitrogens with zero attached hydrogens (tertiary/aromatic N) is 1. The van der Waals surface area contributed by atoms with Gasteiger partial charge in [-0.25, -0.2) is 4.79 Å². The predicted molar refractivity (Wildman–Crippen MR) is 93.7 cm³/mol. The van der Waals surface area contributed by atoms with Crippen molar-refractivity contribution in [2.24, 2.45) is 0 Å². The number of likely N-dealkylation sites (tertiary alicyclic amines) is 1. The van der Waals surface area contributed by atoms with Gasteiger partial charge in [-0.05, 0) is 66.0 Å². The van der Waals surface area contributed by atoms with Crippen LogP contribution in [0.1, 0.15) is 65.7 Å². The van der Waals surface area contributed by atoms with Gasteiger partial charge in [-0.3, -0.25) is 0 Å². The minimum absolute atomic E-state index is 0.261. The minimum Gasteiger partial charge on any atom is -0.444 e. The molecule has 0 aliphatic carbocycles. The lowest BCUT2D eigenvalue weighted by atomic mass is 10.0. The number of carbonyl (C=O) groups is 1. The Balaban J connectivity index is 1.61. The standard InChI is InChI=1S/C18H35N3O2/c1-18(2,3)23-17(22)20-16-9-13-21(14-10-16)12-8-15-7-5-4-6-11-19-15/h15-16,19H,4-14H2,1-3H3,(H,20,22). The molecule has 2 saturated heterocycles. The van der Waals surface area contributed by atoms with E-state index in [9.17, 15) is 4.79 Å². The summed E-state index contributed by atoms with van der Waals surface area (Å²) in [7, 11) is 0. The molecule has 2 aliphatic heterocycles. The van der Waals surface area contributed by atoms with Crippen LogP contribution in [-0.4, -0.2) is 54.9 Å². The summed E-state index contributed by atoms with van der Waals surface area (Å²) < 4.78 is 5.33. The minimum atomic E-state index is -0.420. The third kappa shape index (κ3) is 7.53. The lowest BCUT2D eigenvalue weighted by Crippen LogP contribution is -2.46. The second-order valence-electron chi connectivity index (χ2n) is 8.05. The molecule has 2 fully saturated rings. The summed E-state index contributed by atoms with van der Waals surface area (Å²) in [4.78, 5) is 14.4. The van der Waals surface area contributed by atoms with E-state index >= 15 is 0 Å². The zero-order valence-electron chi connectivity index (χ0n) is 15.2. The SMILES string of the molecule is CC(C)(C)OC(=O)NC1CCN(CCC2CCCCCN2)CC1. The molecule has 0 aromatic rings. The zero-order chi connectivity index (χ0) is 16.7. The second-order valence-corrected chi connectivity index (χ2v) is 8.05. The molecule has 5 heteroatoms. The van der Waals surface area contributed by atoms with Gasteiger partial charge in [0, 0.05) is 25.2 Å². The lowest BCUT2D eigenvalue weighted by molar-refractivity contribution is 0.0478. The van der Waals surface area contributed by atoms with Gasteiger partial charge in [0.1, 0.15) is 5.60 Å². The quantitative estimate of drug-likeness (QED) is 0.834. The molecule has 2 aliphatic rings. The van der Waals surface area contributed by atoms with Gasteiger partial charge in [0.05, 0.1) is 0 Å². The first kappa shape index (κ1) is 18.5. The first-order chi connectivity index (χ1) is 10.9. The predicted octanol–water partition coefficient (Wildman–Crippen LogP) is 2.90. The van der Waals surface area contributed by atoms with Crippen molar-refractivity contribution in [3.63, 3.8) is 0 Å². The summed E-state index contributed by atoms with van der Waals surface area (Å²) in [5.41, 5.74) is -0.420. The van der Waals surface area contributed by atoms with E-state index in [1.165, 1.54) is 45.2 Å². The summed E-state index contributed by atoms with van der Waals surface area (Å²) >= 11 is 0. The van der Waals surface area contributed by atoms with Gasteiger partial charge < -0.3 is 20.3 Å². The van der Waals surface area contributed by atoms with Gasteiger partial charge >= 0.3 is 6.09 Å². The normalized spacial score (nSPS) is 24.9. The van der Waals surface area contributed by atoms with Gasteiger partial charge in [-0.2, -0.15) is 0 Å². The lowest BCUT2D eigenvalue weighted by Gasteiger charge is -2.33. The molecule has 0 bridgehead atoms. The second kappa shape index (κ2) is 8.88. The van der Waals surface area contributed by atoms with Gasteiger partial charge in [0.15, 0.2) is 0 Å². The highest BCUT2D eigenvalue weighted by Gasteiger charge is 2.24. The highest BCUT2D eigenvalue weighted by molar-refractivity contribution is 5.68. The van der Waals surface area contributed by atoms with Crippen LogP contribution >= 0.6 is 0 Å². The molecule has 1 atom stereocenters. The first-order valence-electron chi connectivity index (χ1n) is 9.37. The molecule has 2 heterocycles. The highest BCUT2D eigenvalue weighted by atomic mass is 16.6. The number of hydrogen-bond donors (Lipinski definition) is 2. The molecule has 1 unspecified atom stereocenters. The van der Waals surface area contributed by atoms with Crippen LogP contribution in [0.3, 0.4) is 0 Å². The van der Waals surface area contributed by atoms with Gasteiger partial charge in [0.2, 0.25) is 0 Å². The summed E-state index contributed by atoms with van der Waals surface area (Å²) in [6, 6.07) is 0.965. The third-order valence-corrected chi connectivity index (χ3v) is 4.76. The van der Waals surface area contributed by atoms with E-state index in [0.29, 0.717) is 6.04 Å². The van der Waals surface area contributed by atoms with Crippen LogP contribution in [-0.2, 0) is 4.74 Å². The van der Waals surface area contributed by atoms with E-state index in [1.807, 2.05) is 20.8 Å². The van der Waals surface area contributed by atoms with E-state index in [-0.39, 0.29) is 12.1 Å². The molecule has 0 aromatic carbocycles. The van der Waals surface area contributed by atoms with Crippen molar-refractivity contribution < 1.29 is 9.53 Å². The molecule has 1 amide bonds. The van der Waals surface area contributed by atoms with Crippen molar-refractivity contribution in [2.45, 2.75) is 83.4 Å². The summed E-state index contributed by atoms with van der Waals surface area (Å²) in [5, 5.41) is 6.69. The van der Waals surface area contributed by atoms with Crippen LogP contribution in [0, 0.1) is 0 Å². The molecule has 0 aromatic heterocycles. The fourth-order valence-electron chi connectivity index (χ4n) is 3.46.